The lowest BCUT2D eigenvalue weighted by Crippen LogP contribution is -2.23. The molecule has 1 rings (SSSR count). The first kappa shape index (κ1) is 12.9. The lowest BCUT2D eigenvalue weighted by atomic mass is 10.5. The highest BCUT2D eigenvalue weighted by Crippen LogP contribution is 2.28. The summed E-state index contributed by atoms with van der Waals surface area (Å²) in [5.41, 5.74) is 0. The maximum absolute atomic E-state index is 5.40. The Labute approximate surface area is 92.3 Å². The van der Waals surface area contributed by atoms with E-state index in [9.17, 15) is 0 Å². The van der Waals surface area contributed by atoms with E-state index in [2.05, 4.69) is 12.2 Å². The fraction of sp³-hybridized carbons (Fsp3) is 1.00. The lowest BCUT2D eigenvalue weighted by molar-refractivity contribution is 0.0255. The van der Waals surface area contributed by atoms with Crippen LogP contribution >= 0.6 is 0 Å². The van der Waals surface area contributed by atoms with Crippen LogP contribution in [0.4, 0.5) is 0 Å². The van der Waals surface area contributed by atoms with Gasteiger partial charge in [-0.1, -0.05) is 6.92 Å². The maximum atomic E-state index is 5.40. The summed E-state index contributed by atoms with van der Waals surface area (Å²) in [7, 11) is 1.67. The smallest absolute Gasteiger partial charge is 0.0701 e. The predicted molar refractivity (Wildman–Crippen MR) is 59.1 cm³/mol. The van der Waals surface area contributed by atoms with Crippen LogP contribution in [0.25, 0.3) is 0 Å². The molecule has 0 amide bonds. The Morgan fingerprint density at radius 1 is 1.07 bits per heavy atom. The third kappa shape index (κ3) is 6.84. The summed E-state index contributed by atoms with van der Waals surface area (Å²) < 4.78 is 15.5. The molecule has 0 aromatic heterocycles. The minimum atomic E-state index is 0.650. The van der Waals surface area contributed by atoms with Crippen LogP contribution in [0.3, 0.4) is 0 Å². The summed E-state index contributed by atoms with van der Waals surface area (Å²) in [6.45, 7) is 6.62. The maximum Gasteiger partial charge on any atom is 0.0701 e. The van der Waals surface area contributed by atoms with Crippen molar-refractivity contribution in [1.82, 2.24) is 5.32 Å². The third-order valence-corrected chi connectivity index (χ3v) is 2.57. The number of nitrogens with one attached hydrogen (secondary N) is 1. The predicted octanol–water partition coefficient (Wildman–Crippen LogP) is 0.664. The van der Waals surface area contributed by atoms with Crippen molar-refractivity contribution in [1.29, 1.82) is 0 Å². The van der Waals surface area contributed by atoms with Crippen LogP contribution in [0, 0.1) is 5.92 Å². The van der Waals surface area contributed by atoms with Crippen LogP contribution in [-0.4, -0.2) is 52.7 Å². The number of hydrogen-bond donors (Lipinski definition) is 1. The summed E-state index contributed by atoms with van der Waals surface area (Å²) >= 11 is 0. The fourth-order valence-corrected chi connectivity index (χ4v) is 1.39. The van der Waals surface area contributed by atoms with Crippen molar-refractivity contribution in [3.05, 3.63) is 0 Å². The highest BCUT2D eigenvalue weighted by atomic mass is 16.5. The topological polar surface area (TPSA) is 39.7 Å². The van der Waals surface area contributed by atoms with Crippen LogP contribution in [-0.2, 0) is 14.2 Å². The van der Waals surface area contributed by atoms with Gasteiger partial charge in [0.15, 0.2) is 0 Å². The normalized spacial score (nSPS) is 24.4. The minimum Gasteiger partial charge on any atom is -0.382 e. The molecule has 1 saturated carbocycles. The van der Waals surface area contributed by atoms with Gasteiger partial charge in [-0.05, 0) is 12.3 Å². The average molecular weight is 217 g/mol. The van der Waals surface area contributed by atoms with Gasteiger partial charge in [0.05, 0.1) is 33.0 Å². The van der Waals surface area contributed by atoms with E-state index >= 15 is 0 Å². The van der Waals surface area contributed by atoms with Crippen molar-refractivity contribution in [2.24, 2.45) is 5.92 Å². The number of rotatable bonds is 10. The first-order valence-corrected chi connectivity index (χ1v) is 5.72. The van der Waals surface area contributed by atoms with Crippen LogP contribution < -0.4 is 5.32 Å². The monoisotopic (exact) mass is 217 g/mol. The average Bonchev–Trinajstić information content (AvgIpc) is 2.92. The SMILES string of the molecule is COCCOCCOCCNC1CC1C. The molecule has 0 aromatic rings. The molecule has 4 nitrogen and oxygen atoms in total. The van der Waals surface area contributed by atoms with Crippen molar-refractivity contribution < 1.29 is 14.2 Å². The van der Waals surface area contributed by atoms with Crippen LogP contribution in [0.15, 0.2) is 0 Å². The van der Waals surface area contributed by atoms with Gasteiger partial charge in [0.25, 0.3) is 0 Å². The van der Waals surface area contributed by atoms with Gasteiger partial charge in [-0.3, -0.25) is 0 Å². The molecule has 4 heteroatoms. The Hall–Kier alpha value is -0.160. The molecular formula is C11H23NO3. The molecule has 15 heavy (non-hydrogen) atoms. The van der Waals surface area contributed by atoms with Crippen LogP contribution in [0.1, 0.15) is 13.3 Å². The van der Waals surface area contributed by atoms with Crippen molar-refractivity contribution in [3.8, 4) is 0 Å². The molecule has 0 radical (unpaired) electrons. The Bertz CT molecular complexity index is 155. The highest BCUT2D eigenvalue weighted by molar-refractivity contribution is 4.89. The second kappa shape index (κ2) is 8.05. The molecule has 90 valence electrons. The van der Waals surface area contributed by atoms with Crippen LogP contribution in [0.5, 0.6) is 0 Å². The Morgan fingerprint density at radius 2 is 1.67 bits per heavy atom. The van der Waals surface area contributed by atoms with E-state index in [1.807, 2.05) is 0 Å². The van der Waals surface area contributed by atoms with Crippen LogP contribution in [0.2, 0.25) is 0 Å². The second-order valence-corrected chi connectivity index (χ2v) is 3.99. The Balaban J connectivity index is 1.66. The standard InChI is InChI=1S/C11H23NO3/c1-10-9-11(10)12-3-4-14-7-8-15-6-5-13-2/h10-12H,3-9H2,1-2H3. The molecule has 1 aliphatic rings. The molecule has 0 aromatic carbocycles. The summed E-state index contributed by atoms with van der Waals surface area (Å²) in [6, 6.07) is 0.742. The number of hydrogen-bond acceptors (Lipinski definition) is 4. The molecule has 0 spiro atoms. The molecule has 2 unspecified atom stereocenters. The van der Waals surface area contributed by atoms with Gasteiger partial charge in [-0.2, -0.15) is 0 Å². The molecule has 1 fully saturated rings. The van der Waals surface area contributed by atoms with E-state index in [-0.39, 0.29) is 0 Å². The first-order chi connectivity index (χ1) is 7.34. The quantitative estimate of drug-likeness (QED) is 0.546. The van der Waals surface area contributed by atoms with E-state index in [1.54, 1.807) is 7.11 Å². The molecular weight excluding hydrogens is 194 g/mol. The van der Waals surface area contributed by atoms with Gasteiger partial charge >= 0.3 is 0 Å². The largest absolute Gasteiger partial charge is 0.382 e. The molecule has 0 heterocycles. The van der Waals surface area contributed by atoms with E-state index in [1.165, 1.54) is 6.42 Å². The molecule has 1 aliphatic carbocycles. The molecule has 0 saturated heterocycles. The van der Waals surface area contributed by atoms with Gasteiger partial charge in [-0.25, -0.2) is 0 Å². The lowest BCUT2D eigenvalue weighted by Gasteiger charge is -2.06. The molecule has 1 N–H and O–H groups in total. The van der Waals surface area contributed by atoms with Gasteiger partial charge in [0, 0.05) is 19.7 Å². The minimum absolute atomic E-state index is 0.650. The van der Waals surface area contributed by atoms with Gasteiger partial charge < -0.3 is 19.5 Å². The molecule has 2 atom stereocenters. The molecule has 0 aliphatic heterocycles. The van der Waals surface area contributed by atoms with E-state index in [4.69, 9.17) is 14.2 Å². The third-order valence-electron chi connectivity index (χ3n) is 2.57. The van der Waals surface area contributed by atoms with E-state index < -0.39 is 0 Å². The summed E-state index contributed by atoms with van der Waals surface area (Å²) in [5.74, 6) is 0.863. The fourth-order valence-electron chi connectivity index (χ4n) is 1.39. The molecule has 0 bridgehead atoms. The number of methoxy groups -OCH3 is 1. The zero-order valence-electron chi connectivity index (χ0n) is 9.83. The van der Waals surface area contributed by atoms with Crippen molar-refractivity contribution >= 4 is 0 Å². The van der Waals surface area contributed by atoms with Crippen molar-refractivity contribution in [2.75, 3.05) is 46.7 Å². The van der Waals surface area contributed by atoms with E-state index in [0.717, 1.165) is 25.1 Å². The van der Waals surface area contributed by atoms with Gasteiger partial charge in [0.1, 0.15) is 0 Å². The zero-order chi connectivity index (χ0) is 10.9. The first-order valence-electron chi connectivity index (χ1n) is 5.72. The Kier molecular flexibility index (Phi) is 6.92. The summed E-state index contributed by atoms with van der Waals surface area (Å²) in [5, 5.41) is 3.43. The zero-order valence-corrected chi connectivity index (χ0v) is 9.83. The highest BCUT2D eigenvalue weighted by Gasteiger charge is 2.31. The van der Waals surface area contributed by atoms with Gasteiger partial charge in [0.2, 0.25) is 0 Å². The van der Waals surface area contributed by atoms with Gasteiger partial charge in [-0.15, -0.1) is 0 Å². The number of ether oxygens (including phenoxy) is 3. The summed E-state index contributed by atoms with van der Waals surface area (Å²) in [4.78, 5) is 0. The van der Waals surface area contributed by atoms with E-state index in [0.29, 0.717) is 26.4 Å². The second-order valence-electron chi connectivity index (χ2n) is 3.99. The summed E-state index contributed by atoms with van der Waals surface area (Å²) in [6.07, 6.45) is 1.32. The van der Waals surface area contributed by atoms with Crippen molar-refractivity contribution in [2.45, 2.75) is 19.4 Å². The van der Waals surface area contributed by atoms with Crippen molar-refractivity contribution in [3.63, 3.8) is 0 Å². The Morgan fingerprint density at radius 3 is 2.27 bits per heavy atom.